The van der Waals surface area contributed by atoms with Gasteiger partial charge in [-0.15, -0.1) is 0 Å². The summed E-state index contributed by atoms with van der Waals surface area (Å²) in [5.41, 5.74) is 2.95. The van der Waals surface area contributed by atoms with Gasteiger partial charge in [0.2, 0.25) is 0 Å². The summed E-state index contributed by atoms with van der Waals surface area (Å²) in [6.45, 7) is 1.88. The SMILES string of the molecule is Cc1cc(-n2ncc(=O)[nH]c2=O)cc(Cl)c1Cc1ccc(C(=O)c2ccc(Cl)nc2)cc1. The van der Waals surface area contributed by atoms with E-state index in [0.717, 1.165) is 27.6 Å². The molecule has 2 aromatic carbocycles. The van der Waals surface area contributed by atoms with Gasteiger partial charge in [0.05, 0.1) is 5.69 Å². The Morgan fingerprint density at radius 3 is 2.34 bits per heavy atom. The largest absolute Gasteiger partial charge is 0.349 e. The fourth-order valence-electron chi connectivity index (χ4n) is 3.29. The van der Waals surface area contributed by atoms with Crippen LogP contribution in [0.5, 0.6) is 0 Å². The molecule has 2 aromatic heterocycles. The zero-order valence-corrected chi connectivity index (χ0v) is 18.3. The molecule has 0 aliphatic heterocycles. The predicted molar refractivity (Wildman–Crippen MR) is 122 cm³/mol. The van der Waals surface area contributed by atoms with Gasteiger partial charge in [0.1, 0.15) is 11.3 Å². The number of hydrogen-bond donors (Lipinski definition) is 1. The molecule has 0 aliphatic carbocycles. The van der Waals surface area contributed by atoms with Gasteiger partial charge in [0.25, 0.3) is 5.56 Å². The number of aryl methyl sites for hydroxylation is 1. The third-order valence-corrected chi connectivity index (χ3v) is 5.51. The van der Waals surface area contributed by atoms with Crippen LogP contribution < -0.4 is 11.2 Å². The fraction of sp³-hybridized carbons (Fsp3) is 0.0870. The van der Waals surface area contributed by atoms with Gasteiger partial charge >= 0.3 is 5.69 Å². The molecule has 0 saturated carbocycles. The van der Waals surface area contributed by atoms with Gasteiger partial charge in [0.15, 0.2) is 5.78 Å². The van der Waals surface area contributed by atoms with E-state index >= 15 is 0 Å². The zero-order valence-electron chi connectivity index (χ0n) is 16.8. The van der Waals surface area contributed by atoms with E-state index in [9.17, 15) is 14.4 Å². The minimum absolute atomic E-state index is 0.141. The Balaban J connectivity index is 1.57. The smallest absolute Gasteiger partial charge is 0.289 e. The molecular formula is C23H16Cl2N4O3. The van der Waals surface area contributed by atoms with Crippen molar-refractivity contribution in [2.24, 2.45) is 0 Å². The quantitative estimate of drug-likeness (QED) is 0.356. The Labute approximate surface area is 192 Å². The van der Waals surface area contributed by atoms with E-state index in [1.165, 1.54) is 6.20 Å². The Morgan fingerprint density at radius 1 is 1.00 bits per heavy atom. The van der Waals surface area contributed by atoms with Crippen molar-refractivity contribution in [3.63, 3.8) is 0 Å². The van der Waals surface area contributed by atoms with E-state index in [1.54, 1.807) is 36.4 Å². The Bertz CT molecular complexity index is 1400. The number of nitrogens with one attached hydrogen (secondary N) is 1. The Kier molecular flexibility index (Phi) is 6.03. The number of rotatable bonds is 5. The highest BCUT2D eigenvalue weighted by Gasteiger charge is 2.13. The first-order valence-corrected chi connectivity index (χ1v) is 10.3. The van der Waals surface area contributed by atoms with Crippen LogP contribution in [0.15, 0.2) is 70.5 Å². The summed E-state index contributed by atoms with van der Waals surface area (Å²) in [6, 6.07) is 13.9. The number of pyridine rings is 1. The highest BCUT2D eigenvalue weighted by atomic mass is 35.5. The van der Waals surface area contributed by atoms with Gasteiger partial charge in [-0.3, -0.25) is 14.6 Å². The van der Waals surface area contributed by atoms with E-state index in [1.807, 2.05) is 19.1 Å². The lowest BCUT2D eigenvalue weighted by Crippen LogP contribution is -2.30. The summed E-state index contributed by atoms with van der Waals surface area (Å²) in [6.07, 6.45) is 3.02. The maximum Gasteiger partial charge on any atom is 0.349 e. The third kappa shape index (κ3) is 4.54. The molecule has 0 amide bonds. The summed E-state index contributed by atoms with van der Waals surface area (Å²) in [5, 5.41) is 4.65. The molecule has 4 rings (SSSR count). The molecule has 0 radical (unpaired) electrons. The zero-order chi connectivity index (χ0) is 22.8. The Morgan fingerprint density at radius 2 is 1.72 bits per heavy atom. The fourth-order valence-corrected chi connectivity index (χ4v) is 3.73. The van der Waals surface area contributed by atoms with E-state index in [2.05, 4.69) is 15.1 Å². The lowest BCUT2D eigenvalue weighted by atomic mass is 9.97. The summed E-state index contributed by atoms with van der Waals surface area (Å²) in [4.78, 5) is 42.0. The van der Waals surface area contributed by atoms with Crippen LogP contribution in [0.3, 0.4) is 0 Å². The first-order chi connectivity index (χ1) is 15.3. The number of carbonyl (C=O) groups excluding carboxylic acids is 1. The van der Waals surface area contributed by atoms with Gasteiger partial charge in [-0.25, -0.2) is 9.78 Å². The topological polar surface area (TPSA) is 97.7 Å². The van der Waals surface area contributed by atoms with Crippen molar-refractivity contribution in [2.45, 2.75) is 13.3 Å². The molecule has 9 heteroatoms. The molecule has 160 valence electrons. The molecule has 0 fully saturated rings. The number of carbonyl (C=O) groups is 1. The second-order valence-electron chi connectivity index (χ2n) is 7.15. The second-order valence-corrected chi connectivity index (χ2v) is 7.94. The third-order valence-electron chi connectivity index (χ3n) is 4.95. The summed E-state index contributed by atoms with van der Waals surface area (Å²) < 4.78 is 1.08. The average molecular weight is 467 g/mol. The van der Waals surface area contributed by atoms with Crippen molar-refractivity contribution in [3.05, 3.63) is 120 Å². The normalized spacial score (nSPS) is 10.8. The van der Waals surface area contributed by atoms with E-state index in [0.29, 0.717) is 33.4 Å². The second kappa shape index (κ2) is 8.90. The first-order valence-electron chi connectivity index (χ1n) is 9.55. The first kappa shape index (κ1) is 21.7. The van der Waals surface area contributed by atoms with Gasteiger partial charge in [-0.1, -0.05) is 47.5 Å². The number of halogens is 2. The van der Waals surface area contributed by atoms with Crippen molar-refractivity contribution >= 4 is 29.0 Å². The van der Waals surface area contributed by atoms with Crippen LogP contribution in [-0.2, 0) is 6.42 Å². The Hall–Kier alpha value is -3.55. The van der Waals surface area contributed by atoms with Crippen LogP contribution in [0.4, 0.5) is 0 Å². The number of H-pyrrole nitrogens is 1. The number of nitrogens with zero attached hydrogens (tertiary/aromatic N) is 3. The maximum atomic E-state index is 12.6. The van der Waals surface area contributed by atoms with E-state index in [-0.39, 0.29) is 5.78 Å². The monoisotopic (exact) mass is 466 g/mol. The van der Waals surface area contributed by atoms with Crippen LogP contribution in [0.25, 0.3) is 5.69 Å². The minimum atomic E-state index is -0.642. The van der Waals surface area contributed by atoms with Gasteiger partial charge in [-0.05, 0) is 54.3 Å². The van der Waals surface area contributed by atoms with Gasteiger partial charge in [-0.2, -0.15) is 9.78 Å². The highest BCUT2D eigenvalue weighted by molar-refractivity contribution is 6.31. The molecular weight excluding hydrogens is 451 g/mol. The summed E-state index contributed by atoms with van der Waals surface area (Å²) in [5.74, 6) is -0.141. The van der Waals surface area contributed by atoms with Crippen LogP contribution >= 0.6 is 23.2 Å². The van der Waals surface area contributed by atoms with E-state index < -0.39 is 11.2 Å². The number of aromatic nitrogens is 4. The van der Waals surface area contributed by atoms with Crippen LogP contribution in [0.2, 0.25) is 10.2 Å². The number of hydrogen-bond acceptors (Lipinski definition) is 5. The summed E-state index contributed by atoms with van der Waals surface area (Å²) >= 11 is 12.3. The molecule has 32 heavy (non-hydrogen) atoms. The standard InChI is InChI=1S/C23H16Cl2N4O3/c1-13-8-17(29-23(32)28-21(30)12-27-29)10-19(24)18(13)9-14-2-4-15(5-3-14)22(31)16-6-7-20(25)26-11-16/h2-8,10-12H,9H2,1H3,(H,28,30,32). The van der Waals surface area contributed by atoms with Crippen LogP contribution in [-0.4, -0.2) is 25.5 Å². The molecule has 0 unspecified atom stereocenters. The number of benzene rings is 2. The van der Waals surface area contributed by atoms with Crippen molar-refractivity contribution in [3.8, 4) is 5.69 Å². The molecule has 2 heterocycles. The van der Waals surface area contributed by atoms with Crippen molar-refractivity contribution in [1.82, 2.24) is 19.7 Å². The van der Waals surface area contributed by atoms with Crippen LogP contribution in [0.1, 0.15) is 32.6 Å². The molecule has 0 spiro atoms. The molecule has 7 nitrogen and oxygen atoms in total. The molecule has 4 aromatic rings. The molecule has 0 bridgehead atoms. The lowest BCUT2D eigenvalue weighted by molar-refractivity contribution is 0.103. The molecule has 0 aliphatic rings. The number of ketones is 1. The summed E-state index contributed by atoms with van der Waals surface area (Å²) in [7, 11) is 0. The van der Waals surface area contributed by atoms with Crippen molar-refractivity contribution < 1.29 is 4.79 Å². The van der Waals surface area contributed by atoms with Gasteiger partial charge < -0.3 is 0 Å². The molecule has 1 N–H and O–H groups in total. The lowest BCUT2D eigenvalue weighted by Gasteiger charge is -2.12. The van der Waals surface area contributed by atoms with Crippen molar-refractivity contribution in [1.29, 1.82) is 0 Å². The minimum Gasteiger partial charge on any atom is -0.289 e. The number of aromatic amines is 1. The van der Waals surface area contributed by atoms with E-state index in [4.69, 9.17) is 23.2 Å². The molecule has 0 saturated heterocycles. The van der Waals surface area contributed by atoms with Crippen molar-refractivity contribution in [2.75, 3.05) is 0 Å². The average Bonchev–Trinajstić information content (AvgIpc) is 2.76. The highest BCUT2D eigenvalue weighted by Crippen LogP contribution is 2.26. The predicted octanol–water partition coefficient (Wildman–Crippen LogP) is 3.75. The van der Waals surface area contributed by atoms with Gasteiger partial charge in [0, 0.05) is 22.3 Å². The molecule has 0 atom stereocenters. The van der Waals surface area contributed by atoms with Crippen LogP contribution in [0, 0.1) is 6.92 Å². The maximum absolute atomic E-state index is 12.6.